The molecule has 0 radical (unpaired) electrons. The van der Waals surface area contributed by atoms with Crippen molar-refractivity contribution in [2.75, 3.05) is 11.2 Å². The first-order valence-corrected chi connectivity index (χ1v) is 4.00. The van der Waals surface area contributed by atoms with Crippen LogP contribution in [0.25, 0.3) is 0 Å². The Morgan fingerprint density at radius 3 is 3.08 bits per heavy atom. The fourth-order valence-electron chi connectivity index (χ4n) is 0.764. The molecule has 0 aliphatic heterocycles. The molecule has 0 fully saturated rings. The SMILES string of the molecule is N#Cc1cncc(NC(=O)CCl)c1. The number of hydrogen-bond donors (Lipinski definition) is 1. The number of rotatable bonds is 2. The van der Waals surface area contributed by atoms with E-state index < -0.39 is 0 Å². The Labute approximate surface area is 80.2 Å². The molecule has 5 heteroatoms. The predicted octanol–water partition coefficient (Wildman–Crippen LogP) is 1.13. The largest absolute Gasteiger partial charge is 0.324 e. The predicted molar refractivity (Wildman–Crippen MR) is 48.3 cm³/mol. The number of nitrogens with one attached hydrogen (secondary N) is 1. The first-order chi connectivity index (χ1) is 6.26. The topological polar surface area (TPSA) is 65.8 Å². The maximum absolute atomic E-state index is 10.8. The van der Waals surface area contributed by atoms with Crippen LogP contribution in [0.1, 0.15) is 5.56 Å². The van der Waals surface area contributed by atoms with Gasteiger partial charge in [0.15, 0.2) is 0 Å². The van der Waals surface area contributed by atoms with Gasteiger partial charge in [0.05, 0.1) is 17.4 Å². The molecule has 1 N–H and O–H groups in total. The van der Waals surface area contributed by atoms with Gasteiger partial charge in [-0.15, -0.1) is 11.6 Å². The number of amides is 1. The van der Waals surface area contributed by atoms with Crippen molar-refractivity contribution >= 4 is 23.2 Å². The third-order valence-corrected chi connectivity index (χ3v) is 1.52. The van der Waals surface area contributed by atoms with Crippen molar-refractivity contribution in [3.8, 4) is 6.07 Å². The van der Waals surface area contributed by atoms with Gasteiger partial charge in [-0.05, 0) is 6.07 Å². The summed E-state index contributed by atoms with van der Waals surface area (Å²) in [5.41, 5.74) is 0.872. The van der Waals surface area contributed by atoms with Gasteiger partial charge in [0.25, 0.3) is 0 Å². The Kier molecular flexibility index (Phi) is 3.23. The van der Waals surface area contributed by atoms with Crippen molar-refractivity contribution in [1.82, 2.24) is 4.98 Å². The molecule has 66 valence electrons. The van der Waals surface area contributed by atoms with Crippen molar-refractivity contribution in [3.63, 3.8) is 0 Å². The average Bonchev–Trinajstić information content (AvgIpc) is 2.18. The molecule has 0 aromatic carbocycles. The van der Waals surface area contributed by atoms with Gasteiger partial charge in [0.2, 0.25) is 5.91 Å². The van der Waals surface area contributed by atoms with Crippen molar-refractivity contribution in [3.05, 3.63) is 24.0 Å². The van der Waals surface area contributed by atoms with E-state index >= 15 is 0 Å². The molecule has 1 rings (SSSR count). The van der Waals surface area contributed by atoms with Crippen LogP contribution >= 0.6 is 11.6 Å². The summed E-state index contributed by atoms with van der Waals surface area (Å²) in [6.45, 7) is 0. The molecule has 1 aromatic heterocycles. The van der Waals surface area contributed by atoms with Gasteiger partial charge in [-0.25, -0.2) is 0 Å². The first kappa shape index (κ1) is 9.49. The fraction of sp³-hybridized carbons (Fsp3) is 0.125. The number of pyridine rings is 1. The van der Waals surface area contributed by atoms with Gasteiger partial charge in [0, 0.05) is 6.20 Å². The summed E-state index contributed by atoms with van der Waals surface area (Å²) in [6, 6.07) is 3.44. The standard InChI is InChI=1S/C8H6ClN3O/c9-2-8(13)12-7-1-6(3-10)4-11-5-7/h1,4-5H,2H2,(H,12,13). The van der Waals surface area contributed by atoms with Crippen LogP contribution in [0.4, 0.5) is 5.69 Å². The number of halogens is 1. The summed E-state index contributed by atoms with van der Waals surface area (Å²) in [7, 11) is 0. The lowest BCUT2D eigenvalue weighted by atomic mass is 10.3. The van der Waals surface area contributed by atoms with Crippen LogP contribution in [0.5, 0.6) is 0 Å². The Morgan fingerprint density at radius 1 is 1.69 bits per heavy atom. The lowest BCUT2D eigenvalue weighted by molar-refractivity contribution is -0.113. The highest BCUT2D eigenvalue weighted by Gasteiger charge is 2.00. The number of carbonyl (C=O) groups excluding carboxylic acids is 1. The number of carbonyl (C=O) groups is 1. The number of nitrogens with zero attached hydrogens (tertiary/aromatic N) is 2. The second-order valence-corrected chi connectivity index (χ2v) is 2.52. The molecule has 0 saturated heterocycles. The van der Waals surface area contributed by atoms with E-state index in [1.807, 2.05) is 6.07 Å². The first-order valence-electron chi connectivity index (χ1n) is 3.47. The van der Waals surface area contributed by atoms with Crippen molar-refractivity contribution in [2.24, 2.45) is 0 Å². The molecular formula is C8H6ClN3O. The van der Waals surface area contributed by atoms with Gasteiger partial charge in [-0.2, -0.15) is 5.26 Å². The van der Waals surface area contributed by atoms with E-state index in [9.17, 15) is 4.79 Å². The Bertz CT molecular complexity index is 359. The lowest BCUT2D eigenvalue weighted by Crippen LogP contribution is -2.12. The van der Waals surface area contributed by atoms with Crippen LogP contribution in [0.2, 0.25) is 0 Å². The summed E-state index contributed by atoms with van der Waals surface area (Å²) in [4.78, 5) is 14.6. The Morgan fingerprint density at radius 2 is 2.46 bits per heavy atom. The second kappa shape index (κ2) is 4.43. The third-order valence-electron chi connectivity index (χ3n) is 1.27. The number of anilines is 1. The molecule has 1 aromatic rings. The molecule has 1 heterocycles. The highest BCUT2D eigenvalue weighted by molar-refractivity contribution is 6.29. The highest BCUT2D eigenvalue weighted by Crippen LogP contribution is 2.06. The normalized spacial score (nSPS) is 8.92. The monoisotopic (exact) mass is 195 g/mol. The van der Waals surface area contributed by atoms with E-state index in [1.54, 1.807) is 0 Å². The summed E-state index contributed by atoms with van der Waals surface area (Å²) in [6.07, 6.45) is 2.86. The van der Waals surface area contributed by atoms with E-state index in [-0.39, 0.29) is 11.8 Å². The summed E-state index contributed by atoms with van der Waals surface area (Å²) in [5.74, 6) is -0.435. The van der Waals surface area contributed by atoms with E-state index in [2.05, 4.69) is 10.3 Å². The van der Waals surface area contributed by atoms with Gasteiger partial charge in [-0.1, -0.05) is 0 Å². The summed E-state index contributed by atoms with van der Waals surface area (Å²) < 4.78 is 0. The molecule has 0 atom stereocenters. The van der Waals surface area contributed by atoms with Gasteiger partial charge in [0.1, 0.15) is 11.9 Å². The van der Waals surface area contributed by atoms with E-state index in [0.717, 1.165) is 0 Å². The molecule has 0 saturated carbocycles. The summed E-state index contributed by atoms with van der Waals surface area (Å²) in [5, 5.41) is 11.0. The van der Waals surface area contributed by atoms with Crippen LogP contribution < -0.4 is 5.32 Å². The number of nitriles is 1. The van der Waals surface area contributed by atoms with Crippen LogP contribution in [0, 0.1) is 11.3 Å². The fourth-order valence-corrected chi connectivity index (χ4v) is 0.831. The third kappa shape index (κ3) is 2.73. The zero-order valence-electron chi connectivity index (χ0n) is 6.62. The maximum Gasteiger partial charge on any atom is 0.239 e. The molecule has 0 aliphatic rings. The molecule has 4 nitrogen and oxygen atoms in total. The molecule has 0 unspecified atom stereocenters. The van der Waals surface area contributed by atoms with Crippen molar-refractivity contribution in [1.29, 1.82) is 5.26 Å². The van der Waals surface area contributed by atoms with Gasteiger partial charge in [-0.3, -0.25) is 9.78 Å². The number of hydrogen-bond acceptors (Lipinski definition) is 3. The lowest BCUT2D eigenvalue weighted by Gasteiger charge is -2.00. The van der Waals surface area contributed by atoms with E-state index in [1.165, 1.54) is 18.5 Å². The molecular weight excluding hydrogens is 190 g/mol. The molecule has 0 aliphatic carbocycles. The summed E-state index contributed by atoms with van der Waals surface area (Å²) >= 11 is 5.28. The number of aromatic nitrogens is 1. The molecule has 0 bridgehead atoms. The van der Waals surface area contributed by atoms with E-state index in [4.69, 9.17) is 16.9 Å². The zero-order valence-corrected chi connectivity index (χ0v) is 7.38. The molecule has 1 amide bonds. The van der Waals surface area contributed by atoms with Crippen LogP contribution in [0.3, 0.4) is 0 Å². The van der Waals surface area contributed by atoms with Crippen molar-refractivity contribution in [2.45, 2.75) is 0 Å². The highest BCUT2D eigenvalue weighted by atomic mass is 35.5. The zero-order chi connectivity index (χ0) is 9.68. The average molecular weight is 196 g/mol. The van der Waals surface area contributed by atoms with Crippen LogP contribution in [0.15, 0.2) is 18.5 Å². The Balaban J connectivity index is 2.79. The van der Waals surface area contributed by atoms with E-state index in [0.29, 0.717) is 11.3 Å². The minimum atomic E-state index is -0.321. The smallest absolute Gasteiger partial charge is 0.239 e. The number of alkyl halides is 1. The van der Waals surface area contributed by atoms with Crippen molar-refractivity contribution < 1.29 is 4.79 Å². The second-order valence-electron chi connectivity index (χ2n) is 2.26. The maximum atomic E-state index is 10.8. The minimum Gasteiger partial charge on any atom is -0.324 e. The minimum absolute atomic E-state index is 0.114. The van der Waals surface area contributed by atoms with Gasteiger partial charge < -0.3 is 5.32 Å². The Hall–Kier alpha value is -1.60. The quantitative estimate of drug-likeness (QED) is 0.720. The van der Waals surface area contributed by atoms with Crippen LogP contribution in [-0.2, 0) is 4.79 Å². The van der Waals surface area contributed by atoms with Gasteiger partial charge >= 0.3 is 0 Å². The molecule has 13 heavy (non-hydrogen) atoms. The van der Waals surface area contributed by atoms with Crippen LogP contribution in [-0.4, -0.2) is 16.8 Å². The molecule has 0 spiro atoms.